The molecule has 5 atom stereocenters. The molecular formula is C22H27BrO12. The Morgan fingerprint density at radius 1 is 0.829 bits per heavy atom. The molecule has 0 saturated carbocycles. The number of alkyl halides is 1. The number of ether oxygens (including phenoxy) is 8. The predicted octanol–water partition coefficient (Wildman–Crippen LogP) is 1.67. The Morgan fingerprint density at radius 3 is 1.74 bits per heavy atom. The van der Waals surface area contributed by atoms with Crippen molar-refractivity contribution in [1.29, 1.82) is 0 Å². The number of hydrogen-bond acceptors (Lipinski definition) is 12. The van der Waals surface area contributed by atoms with Gasteiger partial charge >= 0.3 is 23.9 Å². The third kappa shape index (κ3) is 6.98. The minimum atomic E-state index is -1.57. The normalized spacial score (nSPS) is 23.5. The van der Waals surface area contributed by atoms with Crippen molar-refractivity contribution in [2.24, 2.45) is 0 Å². The molecule has 13 heteroatoms. The molecule has 0 aliphatic carbocycles. The van der Waals surface area contributed by atoms with Gasteiger partial charge < -0.3 is 37.9 Å². The molecule has 0 amide bonds. The van der Waals surface area contributed by atoms with Crippen LogP contribution < -0.4 is 14.2 Å². The van der Waals surface area contributed by atoms with Crippen LogP contribution in [-0.2, 0) is 48.2 Å². The van der Waals surface area contributed by atoms with Crippen LogP contribution in [0.5, 0.6) is 17.2 Å². The molecule has 1 aliphatic rings. The second-order valence-electron chi connectivity index (χ2n) is 7.23. The lowest BCUT2D eigenvalue weighted by atomic mass is 9.97. The summed E-state index contributed by atoms with van der Waals surface area (Å²) in [6, 6.07) is 3.05. The smallest absolute Gasteiger partial charge is 0.339 e. The number of carbonyl (C=O) groups excluding carboxylic acids is 4. The Labute approximate surface area is 210 Å². The van der Waals surface area contributed by atoms with Gasteiger partial charge in [0.15, 0.2) is 18.3 Å². The molecule has 1 heterocycles. The molecule has 1 fully saturated rings. The molecule has 1 aliphatic heterocycles. The van der Waals surface area contributed by atoms with E-state index in [1.165, 1.54) is 26.4 Å². The van der Waals surface area contributed by atoms with Crippen LogP contribution in [0.2, 0.25) is 0 Å². The third-order valence-electron chi connectivity index (χ3n) is 4.80. The number of rotatable bonds is 9. The number of hydrogen-bond donors (Lipinski definition) is 0. The van der Waals surface area contributed by atoms with E-state index < -0.39 is 54.6 Å². The summed E-state index contributed by atoms with van der Waals surface area (Å²) in [7, 11) is 4.01. The highest BCUT2D eigenvalue weighted by atomic mass is 79.9. The third-order valence-corrected chi connectivity index (χ3v) is 5.36. The van der Waals surface area contributed by atoms with Gasteiger partial charge in [-0.05, 0) is 0 Å². The average Bonchev–Trinajstić information content (AvgIpc) is 2.80. The molecule has 0 radical (unpaired) electrons. The number of methoxy groups -OCH3 is 3. The number of halogens is 1. The molecule has 0 aromatic heterocycles. The van der Waals surface area contributed by atoms with E-state index in [2.05, 4.69) is 15.9 Å². The second kappa shape index (κ2) is 12.6. The molecular weight excluding hydrogens is 536 g/mol. The van der Waals surface area contributed by atoms with Crippen molar-refractivity contribution in [3.05, 3.63) is 17.7 Å². The van der Waals surface area contributed by atoms with Crippen LogP contribution in [0.15, 0.2) is 12.1 Å². The van der Waals surface area contributed by atoms with E-state index in [0.717, 1.165) is 27.9 Å². The summed E-state index contributed by atoms with van der Waals surface area (Å²) in [5.41, 5.74) is 0.698. The van der Waals surface area contributed by atoms with Gasteiger partial charge in [0.1, 0.15) is 17.2 Å². The fraction of sp³-hybridized carbons (Fsp3) is 0.545. The van der Waals surface area contributed by atoms with E-state index in [1.54, 1.807) is 0 Å². The van der Waals surface area contributed by atoms with E-state index >= 15 is 0 Å². The first kappa shape index (κ1) is 28.2. The van der Waals surface area contributed by atoms with E-state index in [9.17, 15) is 19.2 Å². The molecule has 2 rings (SSSR count). The van der Waals surface area contributed by atoms with E-state index in [0.29, 0.717) is 22.4 Å². The summed E-state index contributed by atoms with van der Waals surface area (Å²) < 4.78 is 43.1. The maximum Gasteiger partial charge on any atom is 0.339 e. The highest BCUT2D eigenvalue weighted by molar-refractivity contribution is 9.08. The fourth-order valence-electron chi connectivity index (χ4n) is 3.47. The van der Waals surface area contributed by atoms with E-state index in [1.807, 2.05) is 0 Å². The van der Waals surface area contributed by atoms with E-state index in [-0.39, 0.29) is 5.75 Å². The Bertz CT molecular complexity index is 923. The van der Waals surface area contributed by atoms with E-state index in [4.69, 9.17) is 37.9 Å². The minimum Gasteiger partial charge on any atom is -0.496 e. The Morgan fingerprint density at radius 2 is 1.31 bits per heavy atom. The molecule has 12 nitrogen and oxygen atoms in total. The van der Waals surface area contributed by atoms with Gasteiger partial charge in [-0.3, -0.25) is 14.4 Å². The monoisotopic (exact) mass is 562 g/mol. The van der Waals surface area contributed by atoms with Crippen LogP contribution in [0.4, 0.5) is 0 Å². The van der Waals surface area contributed by atoms with Crippen molar-refractivity contribution in [2.45, 2.75) is 56.8 Å². The number of esters is 4. The van der Waals surface area contributed by atoms with Gasteiger partial charge in [-0.25, -0.2) is 4.79 Å². The SMILES string of the molecule is COC(=O)C1OC(Oc2cc(OC)c(CBr)c(OC)c2)C(OC(C)=O)C(OC(C)=O)C1OC(C)=O. The van der Waals surface area contributed by atoms with Crippen LogP contribution in [-0.4, -0.2) is 75.9 Å². The summed E-state index contributed by atoms with van der Waals surface area (Å²) in [6.07, 6.45) is -7.46. The quantitative estimate of drug-likeness (QED) is 0.245. The lowest BCUT2D eigenvalue weighted by molar-refractivity contribution is -0.282. The summed E-state index contributed by atoms with van der Waals surface area (Å²) in [6.45, 7) is 3.31. The van der Waals surface area contributed by atoms with Crippen molar-refractivity contribution in [2.75, 3.05) is 21.3 Å². The van der Waals surface area contributed by atoms with Crippen molar-refractivity contribution in [1.82, 2.24) is 0 Å². The van der Waals surface area contributed by atoms with Gasteiger partial charge in [0.05, 0.1) is 21.3 Å². The van der Waals surface area contributed by atoms with Gasteiger partial charge in [-0.1, -0.05) is 15.9 Å². The number of carbonyl (C=O) groups is 4. The van der Waals surface area contributed by atoms with Crippen LogP contribution in [0.25, 0.3) is 0 Å². The highest BCUT2D eigenvalue weighted by Crippen LogP contribution is 2.38. The van der Waals surface area contributed by atoms with Crippen LogP contribution in [0, 0.1) is 0 Å². The molecule has 194 valence electrons. The zero-order valence-electron chi connectivity index (χ0n) is 20.0. The maximum atomic E-state index is 12.5. The zero-order chi connectivity index (χ0) is 26.3. The van der Waals surface area contributed by atoms with Crippen LogP contribution >= 0.6 is 15.9 Å². The highest BCUT2D eigenvalue weighted by Gasteiger charge is 2.55. The first-order valence-electron chi connectivity index (χ1n) is 10.3. The Kier molecular flexibility index (Phi) is 10.1. The predicted molar refractivity (Wildman–Crippen MR) is 120 cm³/mol. The van der Waals surface area contributed by atoms with Crippen LogP contribution in [0.1, 0.15) is 26.3 Å². The molecule has 1 aromatic carbocycles. The molecule has 0 bridgehead atoms. The topological polar surface area (TPSA) is 142 Å². The molecule has 1 aromatic rings. The molecule has 5 unspecified atom stereocenters. The van der Waals surface area contributed by atoms with Gasteiger partial charge in [-0.15, -0.1) is 0 Å². The van der Waals surface area contributed by atoms with Crippen molar-refractivity contribution in [3.8, 4) is 17.2 Å². The van der Waals surface area contributed by atoms with Gasteiger partial charge in [0.25, 0.3) is 0 Å². The summed E-state index contributed by atoms with van der Waals surface area (Å²) >= 11 is 3.36. The van der Waals surface area contributed by atoms with Crippen molar-refractivity contribution >= 4 is 39.8 Å². The maximum absolute atomic E-state index is 12.5. The Balaban J connectivity index is 2.58. The molecule has 0 spiro atoms. The van der Waals surface area contributed by atoms with Crippen molar-refractivity contribution < 1.29 is 57.1 Å². The standard InChI is InChI=1S/C22H27BrO12/c1-10(24)31-17-18(32-11(2)25)20(33-12(3)26)22(35-19(17)21(27)30-6)34-13-7-15(28-4)14(9-23)16(8-13)29-5/h7-8,17-20,22H,9H2,1-6H3. The first-order valence-corrected chi connectivity index (χ1v) is 11.4. The van der Waals surface area contributed by atoms with Gasteiger partial charge in [-0.2, -0.15) is 0 Å². The summed E-state index contributed by atoms with van der Waals surface area (Å²) in [4.78, 5) is 48.1. The molecule has 35 heavy (non-hydrogen) atoms. The van der Waals surface area contributed by atoms with Crippen LogP contribution in [0.3, 0.4) is 0 Å². The number of benzene rings is 1. The Hall–Kier alpha value is -3.06. The second-order valence-corrected chi connectivity index (χ2v) is 7.79. The van der Waals surface area contributed by atoms with Gasteiger partial charge in [0, 0.05) is 43.8 Å². The lowest BCUT2D eigenvalue weighted by Crippen LogP contribution is -2.64. The summed E-state index contributed by atoms with van der Waals surface area (Å²) in [5, 5.41) is 0.415. The average molecular weight is 563 g/mol. The van der Waals surface area contributed by atoms with Gasteiger partial charge in [0.2, 0.25) is 12.4 Å². The molecule has 1 saturated heterocycles. The lowest BCUT2D eigenvalue weighted by Gasteiger charge is -2.43. The fourth-order valence-corrected chi connectivity index (χ4v) is 4.02. The largest absolute Gasteiger partial charge is 0.496 e. The minimum absolute atomic E-state index is 0.154. The first-order chi connectivity index (χ1) is 16.6. The summed E-state index contributed by atoms with van der Waals surface area (Å²) in [5.74, 6) is -2.32. The molecule has 0 N–H and O–H groups in total. The van der Waals surface area contributed by atoms with Crippen molar-refractivity contribution in [3.63, 3.8) is 0 Å². The zero-order valence-corrected chi connectivity index (χ0v) is 21.6.